The van der Waals surface area contributed by atoms with Crippen LogP contribution in [0.25, 0.3) is 0 Å². The third kappa shape index (κ3) is 3.91. The van der Waals surface area contributed by atoms with Crippen LogP contribution in [0.1, 0.15) is 52.9 Å². The Labute approximate surface area is 171 Å². The first-order chi connectivity index (χ1) is 13.9. The number of amides is 1. The molecule has 1 fully saturated rings. The summed E-state index contributed by atoms with van der Waals surface area (Å²) in [5, 5.41) is -0.234. The minimum absolute atomic E-state index is 0.144. The maximum atomic E-state index is 13.4. The van der Waals surface area contributed by atoms with E-state index in [1.54, 1.807) is 6.92 Å². The van der Waals surface area contributed by atoms with Crippen LogP contribution in [0.4, 0.5) is 0 Å². The molecule has 0 atom stereocenters. The molecule has 1 aliphatic carbocycles. The number of ether oxygens (including phenoxy) is 1. The molecule has 1 aliphatic heterocycles. The van der Waals surface area contributed by atoms with Gasteiger partial charge in [-0.1, -0.05) is 25.0 Å². The molecule has 29 heavy (non-hydrogen) atoms. The van der Waals surface area contributed by atoms with E-state index in [1.807, 2.05) is 17.0 Å². The number of aryl methyl sites for hydroxylation is 1. The van der Waals surface area contributed by atoms with Gasteiger partial charge in [0.05, 0.1) is 12.2 Å². The second-order valence-electron chi connectivity index (χ2n) is 7.65. The highest BCUT2D eigenvalue weighted by Gasteiger charge is 2.31. The van der Waals surface area contributed by atoms with E-state index in [0.29, 0.717) is 24.5 Å². The molecular weight excluding hydrogens is 392 g/mol. The molecular formula is C21H26N2O5S. The van der Waals surface area contributed by atoms with Crippen LogP contribution in [0.3, 0.4) is 0 Å². The first-order valence-corrected chi connectivity index (χ1v) is 11.5. The topological polar surface area (TPSA) is 88.9 Å². The smallest absolute Gasteiger partial charge is 0.273 e. The fourth-order valence-electron chi connectivity index (χ4n) is 4.17. The van der Waals surface area contributed by atoms with Crippen molar-refractivity contribution in [1.82, 2.24) is 9.62 Å². The summed E-state index contributed by atoms with van der Waals surface area (Å²) in [6, 6.07) is 7.55. The van der Waals surface area contributed by atoms with Crippen LogP contribution < -0.4 is 9.46 Å². The van der Waals surface area contributed by atoms with Gasteiger partial charge in [-0.25, -0.2) is 13.1 Å². The minimum Gasteiger partial charge on any atom is -0.493 e. The van der Waals surface area contributed by atoms with Crippen molar-refractivity contribution in [3.63, 3.8) is 0 Å². The Bertz CT molecular complexity index is 1020. The zero-order chi connectivity index (χ0) is 20.6. The Kier molecular flexibility index (Phi) is 5.40. The van der Waals surface area contributed by atoms with Gasteiger partial charge in [-0.3, -0.25) is 4.79 Å². The van der Waals surface area contributed by atoms with Crippen LogP contribution in [-0.4, -0.2) is 38.9 Å². The van der Waals surface area contributed by atoms with Crippen LogP contribution in [0, 0.1) is 6.92 Å². The Hall–Kier alpha value is -2.32. The van der Waals surface area contributed by atoms with E-state index in [2.05, 4.69) is 10.8 Å². The molecule has 1 N–H and O–H groups in total. The molecule has 0 spiro atoms. The van der Waals surface area contributed by atoms with Crippen molar-refractivity contribution >= 4 is 15.9 Å². The molecule has 0 radical (unpaired) electrons. The summed E-state index contributed by atoms with van der Waals surface area (Å²) in [6.07, 6.45) is 4.98. The van der Waals surface area contributed by atoms with E-state index in [4.69, 9.17) is 9.15 Å². The third-order valence-corrected chi connectivity index (χ3v) is 7.06. The van der Waals surface area contributed by atoms with Gasteiger partial charge in [0.2, 0.25) is 5.09 Å². The van der Waals surface area contributed by atoms with E-state index in [-0.39, 0.29) is 17.0 Å². The number of hydrogen-bond donors (Lipinski definition) is 1. The molecule has 156 valence electrons. The molecule has 1 aromatic heterocycles. The monoisotopic (exact) mass is 418 g/mol. The van der Waals surface area contributed by atoms with Crippen LogP contribution in [0.5, 0.6) is 5.75 Å². The molecule has 2 aliphatic rings. The van der Waals surface area contributed by atoms with Gasteiger partial charge in [0.25, 0.3) is 15.9 Å². The summed E-state index contributed by atoms with van der Waals surface area (Å²) in [4.78, 5) is 15.3. The average molecular weight is 419 g/mol. The van der Waals surface area contributed by atoms with Crippen LogP contribution in [0.15, 0.2) is 33.8 Å². The maximum absolute atomic E-state index is 13.4. The number of benzene rings is 1. The largest absolute Gasteiger partial charge is 0.493 e. The molecule has 1 amide bonds. The number of nitrogens with one attached hydrogen (secondary N) is 1. The summed E-state index contributed by atoms with van der Waals surface area (Å²) in [6.45, 7) is 2.80. The van der Waals surface area contributed by atoms with Crippen molar-refractivity contribution in [3.05, 3.63) is 46.7 Å². The number of sulfonamides is 1. The summed E-state index contributed by atoms with van der Waals surface area (Å²) in [5.74, 6) is 1.04. The predicted octanol–water partition coefficient (Wildman–Crippen LogP) is 3.02. The molecule has 4 rings (SSSR count). The Morgan fingerprint density at radius 1 is 1.24 bits per heavy atom. The first kappa shape index (κ1) is 20.0. The SMILES string of the molecule is CNS(=O)(=O)c1cc(C(=O)N(Cc2ccc3c(c2)CCO3)C2CCCC2)c(C)o1. The number of rotatable bonds is 6. The third-order valence-electron chi connectivity index (χ3n) is 5.79. The predicted molar refractivity (Wildman–Crippen MR) is 107 cm³/mol. The van der Waals surface area contributed by atoms with Gasteiger partial charge < -0.3 is 14.1 Å². The van der Waals surface area contributed by atoms with E-state index >= 15 is 0 Å². The highest BCUT2D eigenvalue weighted by atomic mass is 32.2. The lowest BCUT2D eigenvalue weighted by molar-refractivity contribution is 0.0662. The lowest BCUT2D eigenvalue weighted by atomic mass is 10.1. The quantitative estimate of drug-likeness (QED) is 0.779. The molecule has 0 unspecified atom stereocenters. The van der Waals surface area contributed by atoms with Gasteiger partial charge in [-0.15, -0.1) is 0 Å². The zero-order valence-corrected chi connectivity index (χ0v) is 17.5. The lowest BCUT2D eigenvalue weighted by Crippen LogP contribution is -2.38. The first-order valence-electron chi connectivity index (χ1n) is 9.98. The number of hydrogen-bond acceptors (Lipinski definition) is 5. The summed E-state index contributed by atoms with van der Waals surface area (Å²) in [7, 11) is -2.43. The lowest BCUT2D eigenvalue weighted by Gasteiger charge is -2.29. The maximum Gasteiger partial charge on any atom is 0.273 e. The molecule has 8 heteroatoms. The van der Waals surface area contributed by atoms with Gasteiger partial charge in [0.15, 0.2) is 0 Å². The van der Waals surface area contributed by atoms with Crippen molar-refractivity contribution in [2.45, 2.75) is 56.7 Å². The van der Waals surface area contributed by atoms with Crippen LogP contribution in [0.2, 0.25) is 0 Å². The zero-order valence-electron chi connectivity index (χ0n) is 16.7. The van der Waals surface area contributed by atoms with Crippen molar-refractivity contribution < 1.29 is 22.4 Å². The summed E-state index contributed by atoms with van der Waals surface area (Å²) < 4.78 is 37.4. The molecule has 0 bridgehead atoms. The van der Waals surface area contributed by atoms with E-state index in [1.165, 1.54) is 18.7 Å². The van der Waals surface area contributed by atoms with Gasteiger partial charge in [0, 0.05) is 25.1 Å². The molecule has 2 heterocycles. The second-order valence-corrected chi connectivity index (χ2v) is 9.47. The van der Waals surface area contributed by atoms with Crippen LogP contribution >= 0.6 is 0 Å². The van der Waals surface area contributed by atoms with Crippen LogP contribution in [-0.2, 0) is 23.0 Å². The van der Waals surface area contributed by atoms with Gasteiger partial charge in [0.1, 0.15) is 11.5 Å². The molecule has 2 aromatic rings. The molecule has 7 nitrogen and oxygen atoms in total. The molecule has 0 saturated heterocycles. The highest BCUT2D eigenvalue weighted by molar-refractivity contribution is 7.89. The number of carbonyl (C=O) groups excluding carboxylic acids is 1. The van der Waals surface area contributed by atoms with Gasteiger partial charge in [-0.2, -0.15) is 0 Å². The summed E-state index contributed by atoms with van der Waals surface area (Å²) >= 11 is 0. The number of carbonyl (C=O) groups is 1. The number of fused-ring (bicyclic) bond motifs is 1. The van der Waals surface area contributed by atoms with Crippen molar-refractivity contribution in [2.24, 2.45) is 0 Å². The van der Waals surface area contributed by atoms with Crippen molar-refractivity contribution in [2.75, 3.05) is 13.7 Å². The fraction of sp³-hybridized carbons (Fsp3) is 0.476. The minimum atomic E-state index is -3.75. The highest BCUT2D eigenvalue weighted by Crippen LogP contribution is 2.31. The number of furan rings is 1. The standard InChI is InChI=1S/C21H26N2O5S/c1-14-18(12-20(28-14)29(25,26)22-2)21(24)23(17-5-3-4-6-17)13-15-7-8-19-16(11-15)9-10-27-19/h7-8,11-12,17,22H,3-6,9-10,13H2,1-2H3. The molecule has 1 aromatic carbocycles. The second kappa shape index (κ2) is 7.84. The number of nitrogens with zero attached hydrogens (tertiary/aromatic N) is 1. The fourth-order valence-corrected chi connectivity index (χ4v) is 4.88. The van der Waals surface area contributed by atoms with E-state index < -0.39 is 10.0 Å². The Balaban J connectivity index is 1.64. The average Bonchev–Trinajstić information content (AvgIpc) is 3.45. The van der Waals surface area contributed by atoms with E-state index in [0.717, 1.165) is 43.4 Å². The Morgan fingerprint density at radius 3 is 2.72 bits per heavy atom. The van der Waals surface area contributed by atoms with Crippen molar-refractivity contribution in [3.8, 4) is 5.75 Å². The molecule has 1 saturated carbocycles. The van der Waals surface area contributed by atoms with Gasteiger partial charge >= 0.3 is 0 Å². The van der Waals surface area contributed by atoms with Crippen molar-refractivity contribution in [1.29, 1.82) is 0 Å². The van der Waals surface area contributed by atoms with Gasteiger partial charge in [-0.05, 0) is 44.0 Å². The Morgan fingerprint density at radius 2 is 2.00 bits per heavy atom. The summed E-state index contributed by atoms with van der Waals surface area (Å²) in [5.41, 5.74) is 2.53. The van der Waals surface area contributed by atoms with E-state index in [9.17, 15) is 13.2 Å². The normalized spacial score (nSPS) is 16.6.